The summed E-state index contributed by atoms with van der Waals surface area (Å²) in [5.41, 5.74) is 4.85. The van der Waals surface area contributed by atoms with Gasteiger partial charge in [0.15, 0.2) is 0 Å². The minimum Gasteiger partial charge on any atom is -0.383 e. The van der Waals surface area contributed by atoms with E-state index in [4.69, 9.17) is 19.9 Å². The molecular formula is C10H18N3O5P. The third-order valence-electron chi connectivity index (χ3n) is 2.23. The number of rotatable bonds is 2. The summed E-state index contributed by atoms with van der Waals surface area (Å²) in [6.45, 7) is 4.16. The van der Waals surface area contributed by atoms with Gasteiger partial charge >= 0.3 is 13.3 Å². The Morgan fingerprint density at radius 3 is 2.84 bits per heavy atom. The van der Waals surface area contributed by atoms with Gasteiger partial charge in [0, 0.05) is 6.20 Å². The summed E-state index contributed by atoms with van der Waals surface area (Å²) in [6, 6.07) is 1.49. The van der Waals surface area contributed by atoms with Crippen molar-refractivity contribution in [1.82, 2.24) is 9.55 Å². The highest BCUT2D eigenvalue weighted by Gasteiger charge is 2.29. The van der Waals surface area contributed by atoms with Crippen LogP contribution in [0.4, 0.5) is 5.82 Å². The molecule has 2 heterocycles. The molecule has 2 atom stereocenters. The molecule has 0 bridgehead atoms. The van der Waals surface area contributed by atoms with Gasteiger partial charge in [-0.3, -0.25) is 9.13 Å². The van der Waals surface area contributed by atoms with Gasteiger partial charge in [-0.2, -0.15) is 4.98 Å². The molecule has 1 unspecified atom stereocenters. The molecule has 3 N–H and O–H groups in total. The molecule has 0 saturated carbocycles. The standard InChI is InChI=1S/C8H12N3O5P.C2H6/c9-7-1-2-11(8(12)10-7)3-6-4-16-17(13,14)5-15-6;1-2/h1-2,6H,3-5H2,(H,13,14)(H2,9,10,12);1-2H3/t6-;/m0./s1. The maximum atomic E-state index is 11.4. The predicted molar refractivity (Wildman–Crippen MR) is 69.8 cm³/mol. The van der Waals surface area contributed by atoms with E-state index in [2.05, 4.69) is 4.98 Å². The Kier molecular flexibility index (Phi) is 5.68. The number of aromatic nitrogens is 2. The number of anilines is 1. The van der Waals surface area contributed by atoms with Gasteiger partial charge in [-0.1, -0.05) is 13.8 Å². The van der Waals surface area contributed by atoms with Crippen LogP contribution in [-0.2, 0) is 20.4 Å². The molecule has 108 valence electrons. The summed E-state index contributed by atoms with van der Waals surface area (Å²) in [5, 5.41) is 0. The Morgan fingerprint density at radius 2 is 2.32 bits per heavy atom. The number of nitrogens with zero attached hydrogens (tertiary/aromatic N) is 2. The van der Waals surface area contributed by atoms with Crippen LogP contribution < -0.4 is 11.4 Å². The summed E-state index contributed by atoms with van der Waals surface area (Å²) < 4.78 is 22.2. The summed E-state index contributed by atoms with van der Waals surface area (Å²) >= 11 is 0. The van der Waals surface area contributed by atoms with Crippen molar-refractivity contribution in [3.05, 3.63) is 22.7 Å². The van der Waals surface area contributed by atoms with Crippen molar-refractivity contribution in [2.24, 2.45) is 0 Å². The Labute approximate surface area is 110 Å². The van der Waals surface area contributed by atoms with Crippen LogP contribution in [0.25, 0.3) is 0 Å². The van der Waals surface area contributed by atoms with E-state index in [0.717, 1.165) is 0 Å². The van der Waals surface area contributed by atoms with Crippen LogP contribution in [0.1, 0.15) is 13.8 Å². The maximum absolute atomic E-state index is 11.4. The minimum absolute atomic E-state index is 0.0371. The Bertz CT molecular complexity index is 506. The van der Waals surface area contributed by atoms with Crippen molar-refractivity contribution < 1.29 is 18.7 Å². The zero-order chi connectivity index (χ0) is 14.5. The highest BCUT2D eigenvalue weighted by Crippen LogP contribution is 2.44. The van der Waals surface area contributed by atoms with Crippen molar-refractivity contribution >= 4 is 13.4 Å². The fourth-order valence-electron chi connectivity index (χ4n) is 1.39. The number of hydrogen-bond donors (Lipinski definition) is 2. The molecule has 19 heavy (non-hydrogen) atoms. The van der Waals surface area contributed by atoms with Crippen molar-refractivity contribution in [3.63, 3.8) is 0 Å². The SMILES string of the molecule is CC.Nc1ccn(C[C@H]2COP(=O)(O)CO2)c(=O)n1. The highest BCUT2D eigenvalue weighted by molar-refractivity contribution is 7.52. The first-order valence-corrected chi connectivity index (χ1v) is 7.63. The van der Waals surface area contributed by atoms with Crippen molar-refractivity contribution in [3.8, 4) is 0 Å². The van der Waals surface area contributed by atoms with Crippen LogP contribution in [-0.4, -0.2) is 33.5 Å². The zero-order valence-electron chi connectivity index (χ0n) is 10.9. The van der Waals surface area contributed by atoms with Crippen LogP contribution in [0.3, 0.4) is 0 Å². The van der Waals surface area contributed by atoms with Gasteiger partial charge in [-0.25, -0.2) is 4.79 Å². The summed E-state index contributed by atoms with van der Waals surface area (Å²) in [4.78, 5) is 24.0. The third-order valence-corrected chi connectivity index (χ3v) is 3.26. The van der Waals surface area contributed by atoms with Gasteiger partial charge < -0.3 is 19.9 Å². The fourth-order valence-corrected chi connectivity index (χ4v) is 2.26. The molecule has 0 radical (unpaired) electrons. The van der Waals surface area contributed by atoms with E-state index in [-0.39, 0.29) is 25.3 Å². The molecule has 0 spiro atoms. The molecule has 1 saturated heterocycles. The van der Waals surface area contributed by atoms with Crippen LogP contribution >= 0.6 is 7.60 Å². The van der Waals surface area contributed by atoms with Crippen LogP contribution in [0.2, 0.25) is 0 Å². The molecular weight excluding hydrogens is 273 g/mol. The Hall–Kier alpha value is -1.21. The maximum Gasteiger partial charge on any atom is 0.353 e. The molecule has 1 fully saturated rings. The van der Waals surface area contributed by atoms with Gasteiger partial charge in [0.05, 0.1) is 13.2 Å². The van der Waals surface area contributed by atoms with Gasteiger partial charge in [0.1, 0.15) is 18.3 Å². The first-order valence-electron chi connectivity index (χ1n) is 5.87. The van der Waals surface area contributed by atoms with Crippen LogP contribution in [0.5, 0.6) is 0 Å². The number of ether oxygens (including phenoxy) is 1. The molecule has 1 aliphatic heterocycles. The third kappa shape index (κ3) is 4.76. The lowest BCUT2D eigenvalue weighted by atomic mass is 10.3. The molecule has 1 aromatic heterocycles. The van der Waals surface area contributed by atoms with E-state index in [0.29, 0.717) is 0 Å². The minimum atomic E-state index is -3.59. The van der Waals surface area contributed by atoms with E-state index in [1.54, 1.807) is 0 Å². The summed E-state index contributed by atoms with van der Waals surface area (Å²) in [6.07, 6.45) is 0.669. The second-order valence-electron chi connectivity index (χ2n) is 3.64. The predicted octanol–water partition coefficient (Wildman–Crippen LogP) is 0.410. The monoisotopic (exact) mass is 291 g/mol. The topological polar surface area (TPSA) is 117 Å². The number of nitrogen functional groups attached to an aromatic ring is 1. The molecule has 9 heteroatoms. The van der Waals surface area contributed by atoms with Gasteiger partial charge in [0.2, 0.25) is 0 Å². The summed E-state index contributed by atoms with van der Waals surface area (Å²) in [7, 11) is -3.59. The fraction of sp³-hybridized carbons (Fsp3) is 0.600. The smallest absolute Gasteiger partial charge is 0.353 e. The zero-order valence-corrected chi connectivity index (χ0v) is 11.7. The largest absolute Gasteiger partial charge is 0.383 e. The first-order chi connectivity index (χ1) is 8.96. The lowest BCUT2D eigenvalue weighted by Crippen LogP contribution is -2.34. The van der Waals surface area contributed by atoms with E-state index < -0.39 is 19.4 Å². The van der Waals surface area contributed by atoms with Crippen LogP contribution in [0, 0.1) is 0 Å². The van der Waals surface area contributed by atoms with E-state index in [1.807, 2.05) is 13.8 Å². The number of hydrogen-bond acceptors (Lipinski definition) is 6. The van der Waals surface area contributed by atoms with Crippen molar-refractivity contribution in [1.29, 1.82) is 0 Å². The van der Waals surface area contributed by atoms with E-state index in [9.17, 15) is 9.36 Å². The van der Waals surface area contributed by atoms with Crippen LogP contribution in [0.15, 0.2) is 17.1 Å². The van der Waals surface area contributed by atoms with Gasteiger partial charge in [-0.15, -0.1) is 0 Å². The van der Waals surface area contributed by atoms with Crippen molar-refractivity contribution in [2.45, 2.75) is 26.5 Å². The molecule has 0 amide bonds. The van der Waals surface area contributed by atoms with E-state index in [1.165, 1.54) is 16.8 Å². The molecule has 0 aliphatic carbocycles. The van der Waals surface area contributed by atoms with Crippen molar-refractivity contribution in [2.75, 3.05) is 18.7 Å². The molecule has 0 aromatic carbocycles. The number of nitrogens with two attached hydrogens (primary N) is 1. The first kappa shape index (κ1) is 15.8. The second-order valence-corrected chi connectivity index (χ2v) is 5.43. The summed E-state index contributed by atoms with van der Waals surface area (Å²) in [5.74, 6) is 0.145. The average Bonchev–Trinajstić information content (AvgIpc) is 2.37. The quantitative estimate of drug-likeness (QED) is 0.758. The average molecular weight is 291 g/mol. The molecule has 8 nitrogen and oxygen atoms in total. The normalized spacial score (nSPS) is 26.4. The second kappa shape index (κ2) is 6.81. The lowest BCUT2D eigenvalue weighted by molar-refractivity contribution is -0.00859. The highest BCUT2D eigenvalue weighted by atomic mass is 31.2. The molecule has 2 rings (SSSR count). The van der Waals surface area contributed by atoms with Gasteiger partial charge in [-0.05, 0) is 6.07 Å². The molecule has 1 aromatic rings. The lowest BCUT2D eigenvalue weighted by Gasteiger charge is -2.26. The molecule has 1 aliphatic rings. The Balaban J connectivity index is 0.000000861. The van der Waals surface area contributed by atoms with E-state index >= 15 is 0 Å². The Morgan fingerprint density at radius 1 is 1.63 bits per heavy atom. The van der Waals surface area contributed by atoms with Gasteiger partial charge in [0.25, 0.3) is 0 Å².